The fraction of sp³-hybridized carbons (Fsp3) is 0.897. The van der Waals surface area contributed by atoms with E-state index in [1.165, 1.54) is 0 Å². The van der Waals surface area contributed by atoms with Gasteiger partial charge in [0.2, 0.25) is 17.2 Å². The van der Waals surface area contributed by atoms with Crippen LogP contribution in [0.1, 0.15) is 121 Å². The Morgan fingerprint density at radius 3 is 1.30 bits per heavy atom. The fourth-order valence-corrected chi connectivity index (χ4v) is 7.82. The molecule has 0 aliphatic carbocycles. The Morgan fingerprint density at radius 2 is 1.00 bits per heavy atom. The molecule has 0 spiro atoms. The molecule has 0 saturated carbocycles. The second-order valence-electron chi connectivity index (χ2n) is 14.5. The highest BCUT2D eigenvalue weighted by molar-refractivity contribution is 6.28. The number of anilines is 2. The molecule has 0 radical (unpaired) electrons. The van der Waals surface area contributed by atoms with Crippen molar-refractivity contribution in [1.29, 1.82) is 0 Å². The smallest absolute Gasteiger partial charge is 0.229 e. The van der Waals surface area contributed by atoms with E-state index in [-0.39, 0.29) is 39.5 Å². The Morgan fingerprint density at radius 1 is 0.676 bits per heavy atom. The average Bonchev–Trinajstić information content (AvgIpc) is 2.68. The molecule has 1 aromatic rings. The Labute approximate surface area is 231 Å². The van der Waals surface area contributed by atoms with Gasteiger partial charge in [0.1, 0.15) is 0 Å². The Bertz CT molecular complexity index is 798. The van der Waals surface area contributed by atoms with Gasteiger partial charge < -0.3 is 21.3 Å². The molecular formula is C29H54ClN7. The molecule has 4 N–H and O–H groups in total. The molecule has 2 atom stereocenters. The van der Waals surface area contributed by atoms with Gasteiger partial charge in [-0.3, -0.25) is 0 Å². The summed E-state index contributed by atoms with van der Waals surface area (Å²) in [5.74, 6) is 2.20. The van der Waals surface area contributed by atoms with Gasteiger partial charge in [-0.15, -0.1) is 0 Å². The lowest BCUT2D eigenvalue weighted by atomic mass is 9.72. The minimum Gasteiger partial charge on any atom is -0.351 e. The van der Waals surface area contributed by atoms with Crippen LogP contribution in [-0.4, -0.2) is 49.2 Å². The summed E-state index contributed by atoms with van der Waals surface area (Å²) >= 11 is 6.46. The second kappa shape index (κ2) is 11.5. The molecule has 3 heterocycles. The average molecular weight is 536 g/mol. The van der Waals surface area contributed by atoms with Crippen molar-refractivity contribution in [2.75, 3.05) is 10.6 Å². The Kier molecular flexibility index (Phi) is 9.45. The number of nitrogens with one attached hydrogen (secondary N) is 4. The van der Waals surface area contributed by atoms with Crippen molar-refractivity contribution < 1.29 is 0 Å². The maximum Gasteiger partial charge on any atom is 0.229 e. The third-order valence-corrected chi connectivity index (χ3v) is 8.19. The minimum atomic E-state index is 0.0906. The van der Waals surface area contributed by atoms with Crippen molar-refractivity contribution in [1.82, 2.24) is 25.6 Å². The molecule has 7 nitrogen and oxygen atoms in total. The lowest BCUT2D eigenvalue weighted by Crippen LogP contribution is -2.60. The first-order valence-electron chi connectivity index (χ1n) is 14.6. The normalized spacial score (nSPS) is 24.8. The molecule has 1 aromatic heterocycles. The largest absolute Gasteiger partial charge is 0.351 e. The van der Waals surface area contributed by atoms with Crippen molar-refractivity contribution in [3.8, 4) is 0 Å². The number of hydrogen-bond acceptors (Lipinski definition) is 7. The van der Waals surface area contributed by atoms with Gasteiger partial charge in [0.15, 0.2) is 0 Å². The summed E-state index contributed by atoms with van der Waals surface area (Å²) in [6.45, 7) is 23.0. The molecule has 37 heavy (non-hydrogen) atoms. The van der Waals surface area contributed by atoms with Crippen molar-refractivity contribution in [2.45, 2.75) is 155 Å². The zero-order chi connectivity index (χ0) is 27.6. The summed E-state index contributed by atoms with van der Waals surface area (Å²) in [5, 5.41) is 15.2. The van der Waals surface area contributed by atoms with Crippen molar-refractivity contribution in [2.24, 2.45) is 11.8 Å². The zero-order valence-electron chi connectivity index (χ0n) is 25.2. The number of hydrogen-bond donors (Lipinski definition) is 4. The summed E-state index contributed by atoms with van der Waals surface area (Å²) in [5.41, 5.74) is 0.362. The summed E-state index contributed by atoms with van der Waals surface area (Å²) in [7, 11) is 0. The van der Waals surface area contributed by atoms with E-state index in [1.54, 1.807) is 0 Å². The highest BCUT2D eigenvalue weighted by Crippen LogP contribution is 2.38. The van der Waals surface area contributed by atoms with Gasteiger partial charge >= 0.3 is 0 Å². The quantitative estimate of drug-likeness (QED) is 0.262. The van der Waals surface area contributed by atoms with Gasteiger partial charge in [-0.25, -0.2) is 0 Å². The number of aromatic nitrogens is 3. The van der Waals surface area contributed by atoms with E-state index in [0.717, 1.165) is 51.4 Å². The van der Waals surface area contributed by atoms with E-state index in [0.29, 0.717) is 23.7 Å². The molecule has 2 fully saturated rings. The molecule has 212 valence electrons. The van der Waals surface area contributed by atoms with Crippen LogP contribution in [0.3, 0.4) is 0 Å². The van der Waals surface area contributed by atoms with E-state index in [2.05, 4.69) is 100 Å². The SMILES string of the molecule is CCCC(Nc1nc(Cl)nc(NC(CCC)C2CC(C)(C)NC(C)(C)C2)n1)C1CC(C)(C)NC(C)(C)C1. The molecule has 8 heteroatoms. The van der Waals surface area contributed by atoms with Crippen LogP contribution < -0.4 is 21.3 Å². The molecule has 2 saturated heterocycles. The number of piperidine rings is 2. The maximum absolute atomic E-state index is 6.46. The van der Waals surface area contributed by atoms with Gasteiger partial charge in [-0.2, -0.15) is 15.0 Å². The molecular weight excluding hydrogens is 482 g/mol. The lowest BCUT2D eigenvalue weighted by molar-refractivity contribution is 0.115. The highest BCUT2D eigenvalue weighted by Gasteiger charge is 2.42. The monoisotopic (exact) mass is 535 g/mol. The van der Waals surface area contributed by atoms with E-state index in [1.807, 2.05) is 0 Å². The van der Waals surface area contributed by atoms with Crippen molar-refractivity contribution >= 4 is 23.5 Å². The molecule has 0 amide bonds. The first kappa shape index (κ1) is 30.4. The van der Waals surface area contributed by atoms with Crippen molar-refractivity contribution in [3.05, 3.63) is 5.28 Å². The standard InChI is InChI=1S/C29H54ClN7/c1-11-13-21(19-15-26(3,4)36-27(5,6)16-19)31-24-33-23(30)34-25(35-24)32-22(14-12-2)20-17-28(7,8)37-29(9,10)18-20/h19-22,36-37H,11-18H2,1-10H3,(H2,31,32,33,34,35). The fourth-order valence-electron chi connectivity index (χ4n) is 7.66. The summed E-state index contributed by atoms with van der Waals surface area (Å²) in [4.78, 5) is 13.9. The van der Waals surface area contributed by atoms with Crippen LogP contribution in [0.2, 0.25) is 5.28 Å². The maximum atomic E-state index is 6.46. The van der Waals surface area contributed by atoms with Crippen LogP contribution in [0.4, 0.5) is 11.9 Å². The number of nitrogens with zero attached hydrogens (tertiary/aromatic N) is 3. The summed E-state index contributed by atoms with van der Waals surface area (Å²) in [6.07, 6.45) is 8.78. The highest BCUT2D eigenvalue weighted by atomic mass is 35.5. The first-order valence-corrected chi connectivity index (χ1v) is 14.9. The molecule has 2 aliphatic heterocycles. The van der Waals surface area contributed by atoms with Gasteiger partial charge in [-0.05, 0) is 117 Å². The lowest BCUT2D eigenvalue weighted by Gasteiger charge is -2.49. The second-order valence-corrected chi connectivity index (χ2v) is 14.8. The molecule has 0 bridgehead atoms. The third-order valence-electron chi connectivity index (χ3n) is 8.02. The van der Waals surface area contributed by atoms with Crippen molar-refractivity contribution in [3.63, 3.8) is 0 Å². The van der Waals surface area contributed by atoms with E-state index in [4.69, 9.17) is 16.6 Å². The molecule has 2 unspecified atom stereocenters. The van der Waals surface area contributed by atoms with E-state index in [9.17, 15) is 0 Å². The zero-order valence-corrected chi connectivity index (χ0v) is 25.9. The van der Waals surface area contributed by atoms with E-state index >= 15 is 0 Å². The third kappa shape index (κ3) is 8.93. The van der Waals surface area contributed by atoms with Gasteiger partial charge in [0.05, 0.1) is 0 Å². The predicted octanol–water partition coefficient (Wildman–Crippen LogP) is 6.80. The van der Waals surface area contributed by atoms with Crippen LogP contribution in [0, 0.1) is 11.8 Å². The van der Waals surface area contributed by atoms with Crippen LogP contribution in [0.15, 0.2) is 0 Å². The summed E-state index contributed by atoms with van der Waals surface area (Å²) < 4.78 is 0. The molecule has 2 aliphatic rings. The first-order chi connectivity index (χ1) is 17.0. The Balaban J connectivity index is 1.81. The Hall–Kier alpha value is -1.18. The number of rotatable bonds is 10. The van der Waals surface area contributed by atoms with Gasteiger partial charge in [0, 0.05) is 34.2 Å². The minimum absolute atomic E-state index is 0.0906. The van der Waals surface area contributed by atoms with Crippen LogP contribution in [0.25, 0.3) is 0 Å². The van der Waals surface area contributed by atoms with E-state index < -0.39 is 0 Å². The van der Waals surface area contributed by atoms with Crippen LogP contribution in [-0.2, 0) is 0 Å². The van der Waals surface area contributed by atoms with Gasteiger partial charge in [0.25, 0.3) is 0 Å². The predicted molar refractivity (Wildman–Crippen MR) is 158 cm³/mol. The topological polar surface area (TPSA) is 86.8 Å². The summed E-state index contributed by atoms with van der Waals surface area (Å²) in [6, 6.07) is 0.573. The number of halogens is 1. The molecule has 0 aromatic carbocycles. The van der Waals surface area contributed by atoms with Crippen LogP contribution >= 0.6 is 11.6 Å². The molecule has 3 rings (SSSR count). The van der Waals surface area contributed by atoms with Crippen LogP contribution in [0.5, 0.6) is 0 Å². The van der Waals surface area contributed by atoms with Gasteiger partial charge in [-0.1, -0.05) is 26.7 Å².